The molecule has 0 saturated carbocycles. The summed E-state index contributed by atoms with van der Waals surface area (Å²) in [7, 11) is -4.27. The van der Waals surface area contributed by atoms with Crippen LogP contribution in [0.25, 0.3) is 0 Å². The normalized spacial score (nSPS) is 13.8. The molecule has 0 spiro atoms. The van der Waals surface area contributed by atoms with Gasteiger partial charge < -0.3 is 10.2 Å². The molecule has 3 aromatic rings. The van der Waals surface area contributed by atoms with Crippen LogP contribution in [0.3, 0.4) is 0 Å². The van der Waals surface area contributed by atoms with Crippen molar-refractivity contribution in [2.45, 2.75) is 17.0 Å². The van der Waals surface area contributed by atoms with E-state index in [0.717, 1.165) is 6.07 Å². The van der Waals surface area contributed by atoms with Crippen LogP contribution in [0.1, 0.15) is 23.3 Å². The van der Waals surface area contributed by atoms with Crippen LogP contribution in [0, 0.1) is 0 Å². The Morgan fingerprint density at radius 3 is 1.96 bits per heavy atom. The molecule has 0 aliphatic heterocycles. The maximum Gasteiger partial charge on any atom is 0.245 e. The van der Waals surface area contributed by atoms with Gasteiger partial charge in [0.25, 0.3) is 0 Å². The fraction of sp³-hybridized carbons (Fsp3) is 0.100. The summed E-state index contributed by atoms with van der Waals surface area (Å²) in [5, 5.41) is 20.9. The molecule has 0 saturated heterocycles. The largest absolute Gasteiger partial charge is 0.505 e. The first-order valence-electron chi connectivity index (χ1n) is 8.28. The van der Waals surface area contributed by atoms with E-state index in [1.54, 1.807) is 60.7 Å². The number of benzene rings is 3. The number of nitrogens with one attached hydrogen (secondary N) is 1. The van der Waals surface area contributed by atoms with E-state index in [-0.39, 0.29) is 10.0 Å². The molecule has 28 heavy (non-hydrogen) atoms. The van der Waals surface area contributed by atoms with Gasteiger partial charge in [-0.15, -0.1) is 0 Å². The Morgan fingerprint density at radius 1 is 0.857 bits per heavy atom. The molecule has 0 aliphatic carbocycles. The third-order valence-corrected chi connectivity index (χ3v) is 6.14. The van der Waals surface area contributed by atoms with Crippen LogP contribution in [0.4, 0.5) is 0 Å². The number of rotatable bonds is 6. The standard InChI is InChI=1S/C20H17Cl2NO4S/c21-15-11-16(22)20(25)17(12-15)28(26,27)23-18(13-7-3-1-4-8-13)19(24)14-9-5-2-6-10-14/h1-12,18-19,23-25H/t18-,19+/m0/s1. The Hall–Kier alpha value is -2.09. The van der Waals surface area contributed by atoms with E-state index < -0.39 is 32.8 Å². The van der Waals surface area contributed by atoms with Gasteiger partial charge in [0.1, 0.15) is 4.90 Å². The Bertz CT molecular complexity index is 1060. The van der Waals surface area contributed by atoms with Crippen LogP contribution in [-0.2, 0) is 10.0 Å². The molecule has 8 heteroatoms. The van der Waals surface area contributed by atoms with Gasteiger partial charge in [0, 0.05) is 5.02 Å². The first-order chi connectivity index (χ1) is 13.3. The number of phenolic OH excluding ortho intramolecular Hbond substituents is 1. The molecular formula is C20H17Cl2NO4S. The Kier molecular flexibility index (Phi) is 6.27. The lowest BCUT2D eigenvalue weighted by Gasteiger charge is -2.25. The van der Waals surface area contributed by atoms with E-state index in [4.69, 9.17) is 23.2 Å². The van der Waals surface area contributed by atoms with Crippen molar-refractivity contribution in [1.29, 1.82) is 0 Å². The summed E-state index contributed by atoms with van der Waals surface area (Å²) < 4.78 is 28.4. The highest BCUT2D eigenvalue weighted by Gasteiger charge is 2.30. The van der Waals surface area contributed by atoms with E-state index in [1.807, 2.05) is 0 Å². The lowest BCUT2D eigenvalue weighted by Crippen LogP contribution is -2.32. The minimum Gasteiger partial charge on any atom is -0.505 e. The van der Waals surface area contributed by atoms with Gasteiger partial charge in [-0.1, -0.05) is 83.9 Å². The van der Waals surface area contributed by atoms with E-state index in [0.29, 0.717) is 11.1 Å². The van der Waals surface area contributed by atoms with Crippen molar-refractivity contribution in [2.75, 3.05) is 0 Å². The van der Waals surface area contributed by atoms with Crippen molar-refractivity contribution in [3.05, 3.63) is 94.0 Å². The summed E-state index contributed by atoms with van der Waals surface area (Å²) in [4.78, 5) is -0.466. The number of halogens is 2. The number of sulfonamides is 1. The van der Waals surface area contributed by atoms with Gasteiger partial charge in [0.2, 0.25) is 10.0 Å². The number of aliphatic hydroxyl groups excluding tert-OH is 1. The summed E-state index contributed by atoms with van der Waals surface area (Å²) >= 11 is 11.8. The predicted molar refractivity (Wildman–Crippen MR) is 109 cm³/mol. The zero-order chi connectivity index (χ0) is 20.3. The third kappa shape index (κ3) is 4.48. The van der Waals surface area contributed by atoms with Crippen LogP contribution < -0.4 is 4.72 Å². The average molecular weight is 438 g/mol. The van der Waals surface area contributed by atoms with Crippen LogP contribution >= 0.6 is 23.2 Å². The van der Waals surface area contributed by atoms with Crippen molar-refractivity contribution < 1.29 is 18.6 Å². The molecule has 146 valence electrons. The van der Waals surface area contributed by atoms with Crippen LogP contribution in [0.5, 0.6) is 5.75 Å². The monoisotopic (exact) mass is 437 g/mol. The van der Waals surface area contributed by atoms with Crippen molar-refractivity contribution in [3.63, 3.8) is 0 Å². The lowest BCUT2D eigenvalue weighted by atomic mass is 9.97. The van der Waals surface area contributed by atoms with E-state index in [2.05, 4.69) is 4.72 Å². The van der Waals surface area contributed by atoms with Crippen molar-refractivity contribution in [2.24, 2.45) is 0 Å². The van der Waals surface area contributed by atoms with Gasteiger partial charge in [-0.3, -0.25) is 0 Å². The van der Waals surface area contributed by atoms with E-state index in [1.165, 1.54) is 6.07 Å². The summed E-state index contributed by atoms with van der Waals surface area (Å²) in [6.07, 6.45) is -1.17. The zero-order valence-corrected chi connectivity index (χ0v) is 16.8. The molecule has 0 bridgehead atoms. The first kappa shape index (κ1) is 20.6. The van der Waals surface area contributed by atoms with Gasteiger partial charge in [-0.2, -0.15) is 0 Å². The molecule has 0 aliphatic rings. The van der Waals surface area contributed by atoms with Crippen molar-refractivity contribution in [1.82, 2.24) is 4.72 Å². The minimum absolute atomic E-state index is 0.0584. The number of phenols is 1. The number of hydrogen-bond acceptors (Lipinski definition) is 4. The highest BCUT2D eigenvalue weighted by molar-refractivity contribution is 7.89. The van der Waals surface area contributed by atoms with E-state index in [9.17, 15) is 18.6 Å². The Labute approximate surface area is 173 Å². The molecule has 0 radical (unpaired) electrons. The molecule has 3 rings (SSSR count). The van der Waals surface area contributed by atoms with E-state index >= 15 is 0 Å². The first-order valence-corrected chi connectivity index (χ1v) is 10.5. The molecule has 0 unspecified atom stereocenters. The second-order valence-electron chi connectivity index (χ2n) is 6.10. The SMILES string of the molecule is O=S(=O)(N[C@@H](c1ccccc1)[C@H](O)c1ccccc1)c1cc(Cl)cc(Cl)c1O. The molecular weight excluding hydrogens is 421 g/mol. The van der Waals surface area contributed by atoms with Gasteiger partial charge in [0.05, 0.1) is 17.2 Å². The molecule has 2 atom stereocenters. The molecule has 0 fully saturated rings. The molecule has 3 N–H and O–H groups in total. The fourth-order valence-corrected chi connectivity index (χ4v) is 4.78. The topological polar surface area (TPSA) is 86.6 Å². The molecule has 0 heterocycles. The van der Waals surface area contributed by atoms with Gasteiger partial charge in [-0.05, 0) is 23.3 Å². The van der Waals surface area contributed by atoms with Crippen LogP contribution in [0.2, 0.25) is 10.0 Å². The summed E-state index contributed by atoms with van der Waals surface area (Å²) in [5.41, 5.74) is 1.09. The molecule has 5 nitrogen and oxygen atoms in total. The number of aromatic hydroxyl groups is 1. The van der Waals surface area contributed by atoms with Gasteiger partial charge in [-0.25, -0.2) is 13.1 Å². The van der Waals surface area contributed by atoms with Crippen molar-refractivity contribution >= 4 is 33.2 Å². The molecule has 0 amide bonds. The summed E-state index contributed by atoms with van der Waals surface area (Å²) in [6.45, 7) is 0. The smallest absolute Gasteiger partial charge is 0.245 e. The van der Waals surface area contributed by atoms with Crippen LogP contribution in [-0.4, -0.2) is 18.6 Å². The maximum atomic E-state index is 13.0. The van der Waals surface area contributed by atoms with Gasteiger partial charge >= 0.3 is 0 Å². The number of hydrogen-bond donors (Lipinski definition) is 3. The summed E-state index contributed by atoms with van der Waals surface area (Å²) in [6, 6.07) is 18.7. The quantitative estimate of drug-likeness (QED) is 0.531. The second kappa shape index (κ2) is 8.51. The fourth-order valence-electron chi connectivity index (χ4n) is 2.80. The average Bonchev–Trinajstić information content (AvgIpc) is 2.69. The Balaban J connectivity index is 2.05. The van der Waals surface area contributed by atoms with Gasteiger partial charge in [0.15, 0.2) is 5.75 Å². The minimum atomic E-state index is -4.27. The zero-order valence-electron chi connectivity index (χ0n) is 14.5. The van der Waals surface area contributed by atoms with Crippen LogP contribution in [0.15, 0.2) is 77.7 Å². The number of aliphatic hydroxyl groups is 1. The second-order valence-corrected chi connectivity index (χ2v) is 8.63. The predicted octanol–water partition coefficient (Wildman–Crippen LogP) is 4.45. The molecule has 3 aromatic carbocycles. The molecule has 0 aromatic heterocycles. The third-order valence-electron chi connectivity index (χ3n) is 4.18. The summed E-state index contributed by atoms with van der Waals surface area (Å²) in [5.74, 6) is -0.612. The highest BCUT2D eigenvalue weighted by Crippen LogP contribution is 2.36. The Morgan fingerprint density at radius 2 is 1.39 bits per heavy atom. The lowest BCUT2D eigenvalue weighted by molar-refractivity contribution is 0.139. The van der Waals surface area contributed by atoms with Crippen molar-refractivity contribution in [3.8, 4) is 5.75 Å². The highest BCUT2D eigenvalue weighted by atomic mass is 35.5. The maximum absolute atomic E-state index is 13.0.